The Bertz CT molecular complexity index is 1350. The fourth-order valence-corrected chi connectivity index (χ4v) is 5.19. The summed E-state index contributed by atoms with van der Waals surface area (Å²) in [4.78, 5) is 29.0. The van der Waals surface area contributed by atoms with Gasteiger partial charge in [0.2, 0.25) is 11.5 Å². The lowest BCUT2D eigenvalue weighted by molar-refractivity contribution is -0.147. The van der Waals surface area contributed by atoms with Crippen LogP contribution in [0.5, 0.6) is 0 Å². The molecule has 3 aromatic rings. The van der Waals surface area contributed by atoms with Crippen LogP contribution in [0, 0.1) is 23.7 Å². The number of carbonyl (C=O) groups excluding carboxylic acids is 2. The molecule has 1 aliphatic heterocycles. The smallest absolute Gasteiger partial charge is 0.310 e. The first-order valence-electron chi connectivity index (χ1n) is 12.5. The Hall–Kier alpha value is -3.59. The number of amides is 1. The molecule has 0 aliphatic carbocycles. The molecule has 3 atom stereocenters. The van der Waals surface area contributed by atoms with Gasteiger partial charge in [-0.1, -0.05) is 44.2 Å². The van der Waals surface area contributed by atoms with Crippen LogP contribution >= 0.6 is 0 Å². The minimum atomic E-state index is -2.15. The summed E-state index contributed by atoms with van der Waals surface area (Å²) < 4.78 is 19.7. The number of carbonyl (C=O) groups is 2. The number of nitrogens with one attached hydrogen (secondary N) is 1. The maximum Gasteiger partial charge on any atom is 0.310 e. The van der Waals surface area contributed by atoms with E-state index in [-0.39, 0.29) is 24.9 Å². The maximum absolute atomic E-state index is 12.5. The number of anilines is 1. The summed E-state index contributed by atoms with van der Waals surface area (Å²) in [6.07, 6.45) is 1.81. The van der Waals surface area contributed by atoms with Crippen LogP contribution in [-0.2, 0) is 35.5 Å². The predicted molar refractivity (Wildman–Crippen MR) is 142 cm³/mol. The molecule has 0 bridgehead atoms. The van der Waals surface area contributed by atoms with Gasteiger partial charge in [0.1, 0.15) is 30.6 Å². The molecule has 4 rings (SSSR count). The Kier molecular flexibility index (Phi) is 7.96. The van der Waals surface area contributed by atoms with Crippen molar-refractivity contribution in [2.24, 2.45) is 5.92 Å². The number of ether oxygens (including phenoxy) is 2. The molecule has 1 saturated heterocycles. The second kappa shape index (κ2) is 11.0. The van der Waals surface area contributed by atoms with Gasteiger partial charge in [-0.15, -0.1) is 0 Å². The summed E-state index contributed by atoms with van der Waals surface area (Å²) in [5, 5.41) is 17.7. The molecule has 1 N–H and O–H groups in total. The summed E-state index contributed by atoms with van der Waals surface area (Å²) in [7, 11) is -2.15. The quantitative estimate of drug-likeness (QED) is 0.325. The van der Waals surface area contributed by atoms with Gasteiger partial charge in [0.05, 0.1) is 18.2 Å². The van der Waals surface area contributed by atoms with Crippen molar-refractivity contribution in [2.45, 2.75) is 57.7 Å². The zero-order valence-electron chi connectivity index (χ0n) is 22.2. The van der Waals surface area contributed by atoms with E-state index in [1.165, 1.54) is 10.8 Å². The largest absolute Gasteiger partial charge is 0.463 e. The van der Waals surface area contributed by atoms with Gasteiger partial charge >= 0.3 is 5.97 Å². The average Bonchev–Trinajstić information content (AvgIpc) is 3.45. The highest BCUT2D eigenvalue weighted by Gasteiger charge is 2.55. The second-order valence-electron chi connectivity index (χ2n) is 10.5. The topological polar surface area (TPSA) is 128 Å². The van der Waals surface area contributed by atoms with Gasteiger partial charge in [0.15, 0.2) is 14.1 Å². The molecule has 10 nitrogen and oxygen atoms in total. The summed E-state index contributed by atoms with van der Waals surface area (Å²) >= 11 is 0. The number of aromatic nitrogens is 3. The van der Waals surface area contributed by atoms with Crippen LogP contribution in [0.3, 0.4) is 0 Å². The van der Waals surface area contributed by atoms with E-state index in [9.17, 15) is 14.9 Å². The molecule has 38 heavy (non-hydrogen) atoms. The average molecular weight is 535 g/mol. The maximum atomic E-state index is 12.5. The first kappa shape index (κ1) is 27.4. The minimum Gasteiger partial charge on any atom is -0.463 e. The van der Waals surface area contributed by atoms with Crippen LogP contribution in [0.2, 0.25) is 19.6 Å². The molecule has 11 heteroatoms. The van der Waals surface area contributed by atoms with Crippen LogP contribution in [0.25, 0.3) is 5.52 Å². The molecule has 1 radical (unpaired) electrons. The monoisotopic (exact) mass is 534 g/mol. The van der Waals surface area contributed by atoms with E-state index in [0.717, 1.165) is 5.56 Å². The Balaban J connectivity index is 1.61. The third kappa shape index (κ3) is 5.93. The van der Waals surface area contributed by atoms with Gasteiger partial charge in [-0.2, -0.15) is 10.4 Å². The van der Waals surface area contributed by atoms with Crippen LogP contribution in [-0.4, -0.2) is 53.6 Å². The van der Waals surface area contributed by atoms with Gasteiger partial charge in [-0.3, -0.25) is 9.59 Å². The normalized spacial score (nSPS) is 21.4. The number of esters is 1. The van der Waals surface area contributed by atoms with Gasteiger partial charge in [0, 0.05) is 12.3 Å². The van der Waals surface area contributed by atoms with Crippen molar-refractivity contribution in [3.05, 3.63) is 66.5 Å². The van der Waals surface area contributed by atoms with Crippen LogP contribution < -0.4 is 5.32 Å². The van der Waals surface area contributed by atoms with E-state index in [4.69, 9.17) is 13.9 Å². The SMILES string of the molecule is CC(C)C(=O)Nc1ncnn2c([C@]3(C#N)O[C@@H](COC(=O)Cc4ccccc4)[CH][C@H]3O[Si](C)(C)C)ccc12. The number of rotatable bonds is 9. The summed E-state index contributed by atoms with van der Waals surface area (Å²) in [6.45, 7) is 9.58. The number of nitriles is 1. The van der Waals surface area contributed by atoms with E-state index >= 15 is 0 Å². The lowest BCUT2D eigenvalue weighted by atomic mass is 9.94. The molecule has 1 amide bonds. The molecule has 0 unspecified atom stereocenters. The molecule has 0 saturated carbocycles. The fraction of sp³-hybridized carbons (Fsp3) is 0.407. The van der Waals surface area contributed by atoms with E-state index in [1.54, 1.807) is 32.4 Å². The molecule has 2 aromatic heterocycles. The predicted octanol–water partition coefficient (Wildman–Crippen LogP) is 3.65. The van der Waals surface area contributed by atoms with Crippen molar-refractivity contribution < 1.29 is 23.5 Å². The van der Waals surface area contributed by atoms with Crippen molar-refractivity contribution in [2.75, 3.05) is 11.9 Å². The molecule has 1 fully saturated rings. The number of hydrogen-bond donors (Lipinski definition) is 1. The lowest BCUT2D eigenvalue weighted by Gasteiger charge is -2.31. The highest BCUT2D eigenvalue weighted by molar-refractivity contribution is 6.69. The molecular formula is C27H32N5O5Si. The number of fused-ring (bicyclic) bond motifs is 1. The molecular weight excluding hydrogens is 502 g/mol. The van der Waals surface area contributed by atoms with Crippen molar-refractivity contribution in [3.8, 4) is 6.07 Å². The van der Waals surface area contributed by atoms with E-state index in [1.807, 2.05) is 50.0 Å². The number of hydrogen-bond acceptors (Lipinski definition) is 8. The van der Waals surface area contributed by atoms with Gasteiger partial charge < -0.3 is 19.2 Å². The molecule has 3 heterocycles. The molecule has 0 spiro atoms. The first-order chi connectivity index (χ1) is 18.0. The Labute approximate surface area is 223 Å². The highest BCUT2D eigenvalue weighted by atomic mass is 28.4. The van der Waals surface area contributed by atoms with Crippen molar-refractivity contribution >= 4 is 31.5 Å². The third-order valence-corrected chi connectivity index (χ3v) is 6.93. The third-order valence-electron chi connectivity index (χ3n) is 5.97. The standard InChI is InChI=1S/C27H32N5O5Si/c1-18(2)26(34)31-25-21-11-12-22(32(21)30-17-29-25)27(16-28)23(37-38(3,4)5)14-20(36-27)15-35-24(33)13-19-9-7-6-8-10-19/h6-12,14,17-18,20,23H,13,15H2,1-5H3,(H,29,30,31,34)/t20-,23-,27+/m1/s1. The Morgan fingerprint density at radius 1 is 1.21 bits per heavy atom. The second-order valence-corrected chi connectivity index (χ2v) is 14.9. The fourth-order valence-electron chi connectivity index (χ4n) is 4.18. The van der Waals surface area contributed by atoms with Crippen molar-refractivity contribution in [1.29, 1.82) is 5.26 Å². The number of nitrogens with zero attached hydrogens (tertiary/aromatic N) is 4. The van der Waals surface area contributed by atoms with Crippen molar-refractivity contribution in [3.63, 3.8) is 0 Å². The van der Waals surface area contributed by atoms with E-state index in [0.29, 0.717) is 17.0 Å². The van der Waals surface area contributed by atoms with Gasteiger partial charge in [0.25, 0.3) is 0 Å². The van der Waals surface area contributed by atoms with E-state index in [2.05, 4.69) is 21.5 Å². The Morgan fingerprint density at radius 2 is 1.95 bits per heavy atom. The van der Waals surface area contributed by atoms with Crippen LogP contribution in [0.1, 0.15) is 25.1 Å². The zero-order chi connectivity index (χ0) is 27.5. The minimum absolute atomic E-state index is 0.0609. The van der Waals surface area contributed by atoms with E-state index < -0.39 is 32.1 Å². The van der Waals surface area contributed by atoms with Crippen LogP contribution in [0.4, 0.5) is 5.82 Å². The zero-order valence-corrected chi connectivity index (χ0v) is 23.2. The summed E-state index contributed by atoms with van der Waals surface area (Å²) in [5.74, 6) is -0.491. The summed E-state index contributed by atoms with van der Waals surface area (Å²) in [5.41, 5.74) is 0.228. The molecule has 1 aromatic carbocycles. The Morgan fingerprint density at radius 3 is 2.61 bits per heavy atom. The first-order valence-corrected chi connectivity index (χ1v) is 15.9. The van der Waals surface area contributed by atoms with Gasteiger partial charge in [-0.05, 0) is 37.3 Å². The highest BCUT2D eigenvalue weighted by Crippen LogP contribution is 2.42. The lowest BCUT2D eigenvalue weighted by Crippen LogP contribution is -2.44. The summed E-state index contributed by atoms with van der Waals surface area (Å²) in [6, 6.07) is 15.1. The van der Waals surface area contributed by atoms with Crippen LogP contribution in [0.15, 0.2) is 48.8 Å². The van der Waals surface area contributed by atoms with Crippen molar-refractivity contribution in [1.82, 2.24) is 14.6 Å². The number of benzene rings is 1. The molecule has 199 valence electrons. The molecule has 1 aliphatic rings. The van der Waals surface area contributed by atoms with Gasteiger partial charge in [-0.25, -0.2) is 9.50 Å².